The van der Waals surface area contributed by atoms with Crippen LogP contribution in [0.1, 0.15) is 48.2 Å². The highest BCUT2D eigenvalue weighted by molar-refractivity contribution is 6.05. The molecule has 2 saturated heterocycles. The van der Waals surface area contributed by atoms with Gasteiger partial charge >= 0.3 is 0 Å². The predicted molar refractivity (Wildman–Crippen MR) is 106 cm³/mol. The van der Waals surface area contributed by atoms with Crippen LogP contribution in [0.2, 0.25) is 0 Å². The number of hydrogen-bond donors (Lipinski definition) is 2. The fourth-order valence-electron chi connectivity index (χ4n) is 4.66. The van der Waals surface area contributed by atoms with Gasteiger partial charge in [-0.05, 0) is 31.4 Å². The van der Waals surface area contributed by atoms with Gasteiger partial charge < -0.3 is 15.4 Å². The number of morpholine rings is 1. The molecule has 8 heteroatoms. The zero-order chi connectivity index (χ0) is 20.8. The maximum Gasteiger partial charge on any atom is 0.255 e. The molecule has 3 heterocycles. The van der Waals surface area contributed by atoms with Crippen molar-refractivity contribution in [2.45, 2.75) is 57.4 Å². The third kappa shape index (κ3) is 3.56. The van der Waals surface area contributed by atoms with Gasteiger partial charge in [-0.15, -0.1) is 0 Å². The van der Waals surface area contributed by atoms with Crippen LogP contribution in [0, 0.1) is 0 Å². The fraction of sp³-hybridized carbons (Fsp3) is 0.571. The van der Waals surface area contributed by atoms with Crippen LogP contribution < -0.4 is 11.1 Å². The van der Waals surface area contributed by atoms with Crippen LogP contribution in [-0.4, -0.2) is 64.9 Å². The standard InChI is InChI=1S/C21H28N4O4/c1-21(2)12-29-11-15(8-22)25(21)10-14-5-3-4-13-9-24(20(28)18(13)14)16-6-7-17(26)23-19(16)27/h3-5,15-16H,6-12,22H2,1-2H3,(H,23,26,27). The Balaban J connectivity index is 1.61. The van der Waals surface area contributed by atoms with Crippen molar-refractivity contribution in [3.63, 3.8) is 0 Å². The van der Waals surface area contributed by atoms with E-state index >= 15 is 0 Å². The van der Waals surface area contributed by atoms with Gasteiger partial charge in [0.2, 0.25) is 11.8 Å². The van der Waals surface area contributed by atoms with Crippen molar-refractivity contribution < 1.29 is 19.1 Å². The largest absolute Gasteiger partial charge is 0.378 e. The molecular weight excluding hydrogens is 372 g/mol. The molecule has 0 aliphatic carbocycles. The number of benzene rings is 1. The monoisotopic (exact) mass is 400 g/mol. The molecule has 0 saturated carbocycles. The zero-order valence-corrected chi connectivity index (χ0v) is 16.9. The van der Waals surface area contributed by atoms with Gasteiger partial charge in [-0.25, -0.2) is 0 Å². The molecule has 2 unspecified atom stereocenters. The number of hydrogen-bond acceptors (Lipinski definition) is 6. The molecule has 29 heavy (non-hydrogen) atoms. The summed E-state index contributed by atoms with van der Waals surface area (Å²) in [6.45, 7) is 6.89. The van der Waals surface area contributed by atoms with Crippen molar-refractivity contribution in [2.24, 2.45) is 5.73 Å². The average Bonchev–Trinajstić information content (AvgIpc) is 3.00. The fourth-order valence-corrected chi connectivity index (χ4v) is 4.66. The Bertz CT molecular complexity index is 853. The third-order valence-corrected chi connectivity index (χ3v) is 6.24. The van der Waals surface area contributed by atoms with E-state index in [0.717, 1.165) is 11.1 Å². The van der Waals surface area contributed by atoms with E-state index in [1.807, 2.05) is 18.2 Å². The number of rotatable bonds is 4. The summed E-state index contributed by atoms with van der Waals surface area (Å²) in [4.78, 5) is 41.0. The molecule has 0 bridgehead atoms. The summed E-state index contributed by atoms with van der Waals surface area (Å²) in [5.74, 6) is -0.805. The van der Waals surface area contributed by atoms with Crippen LogP contribution >= 0.6 is 0 Å². The third-order valence-electron chi connectivity index (χ3n) is 6.24. The normalized spacial score (nSPS) is 27.1. The lowest BCUT2D eigenvalue weighted by Gasteiger charge is -2.47. The summed E-state index contributed by atoms with van der Waals surface area (Å²) >= 11 is 0. The summed E-state index contributed by atoms with van der Waals surface area (Å²) < 4.78 is 5.72. The highest BCUT2D eigenvalue weighted by Crippen LogP contribution is 2.33. The number of amides is 3. The molecule has 1 aromatic rings. The van der Waals surface area contributed by atoms with Gasteiger partial charge in [0.15, 0.2) is 0 Å². The molecule has 156 valence electrons. The van der Waals surface area contributed by atoms with Crippen LogP contribution in [0.3, 0.4) is 0 Å². The molecule has 0 spiro atoms. The molecule has 8 nitrogen and oxygen atoms in total. The minimum atomic E-state index is -0.600. The second-order valence-corrected chi connectivity index (χ2v) is 8.70. The minimum absolute atomic E-state index is 0.0809. The number of carbonyl (C=O) groups is 3. The Hall–Kier alpha value is -2.29. The summed E-state index contributed by atoms with van der Waals surface area (Å²) in [6.07, 6.45) is 0.620. The smallest absolute Gasteiger partial charge is 0.255 e. The van der Waals surface area contributed by atoms with Crippen LogP contribution in [0.15, 0.2) is 18.2 Å². The summed E-state index contributed by atoms with van der Waals surface area (Å²) in [6, 6.07) is 5.35. The molecule has 1 aromatic carbocycles. The molecule has 0 radical (unpaired) electrons. The van der Waals surface area contributed by atoms with Crippen molar-refractivity contribution in [3.8, 4) is 0 Å². The second kappa shape index (κ2) is 7.51. The average molecular weight is 400 g/mol. The van der Waals surface area contributed by atoms with Crippen molar-refractivity contribution in [3.05, 3.63) is 34.9 Å². The van der Waals surface area contributed by atoms with Crippen LogP contribution in [-0.2, 0) is 27.4 Å². The summed E-state index contributed by atoms with van der Waals surface area (Å²) in [5, 5.41) is 2.35. The molecular formula is C21H28N4O4. The SMILES string of the molecule is CC1(C)COCC(CN)N1Cc1cccc2c1C(=O)N(C1CCC(=O)NC1=O)C2. The van der Waals surface area contributed by atoms with Gasteiger partial charge in [-0.3, -0.25) is 24.6 Å². The quantitative estimate of drug-likeness (QED) is 0.709. The first-order valence-electron chi connectivity index (χ1n) is 10.1. The van der Waals surface area contributed by atoms with E-state index in [0.29, 0.717) is 44.8 Å². The first-order valence-corrected chi connectivity index (χ1v) is 10.1. The van der Waals surface area contributed by atoms with Crippen molar-refractivity contribution in [2.75, 3.05) is 19.8 Å². The van der Waals surface area contributed by atoms with Gasteiger partial charge in [-0.1, -0.05) is 18.2 Å². The number of carbonyl (C=O) groups excluding carboxylic acids is 3. The van der Waals surface area contributed by atoms with E-state index in [1.54, 1.807) is 4.90 Å². The van der Waals surface area contributed by atoms with Crippen LogP contribution in [0.25, 0.3) is 0 Å². The lowest BCUT2D eigenvalue weighted by Crippen LogP contribution is -2.60. The Morgan fingerprint density at radius 3 is 2.79 bits per heavy atom. The first kappa shape index (κ1) is 20.0. The lowest BCUT2D eigenvalue weighted by atomic mass is 9.95. The topological polar surface area (TPSA) is 105 Å². The van der Waals surface area contributed by atoms with Crippen LogP contribution in [0.5, 0.6) is 0 Å². The number of nitrogens with two attached hydrogens (primary N) is 1. The van der Waals surface area contributed by atoms with E-state index in [9.17, 15) is 14.4 Å². The van der Waals surface area contributed by atoms with Crippen LogP contribution in [0.4, 0.5) is 0 Å². The van der Waals surface area contributed by atoms with E-state index in [2.05, 4.69) is 24.1 Å². The molecule has 2 fully saturated rings. The minimum Gasteiger partial charge on any atom is -0.378 e. The van der Waals surface area contributed by atoms with E-state index in [1.165, 1.54) is 0 Å². The molecule has 3 aliphatic rings. The lowest BCUT2D eigenvalue weighted by molar-refractivity contribution is -0.136. The molecule has 3 N–H and O–H groups in total. The molecule has 2 atom stereocenters. The maximum atomic E-state index is 13.3. The van der Waals surface area contributed by atoms with E-state index < -0.39 is 6.04 Å². The van der Waals surface area contributed by atoms with Crippen molar-refractivity contribution in [1.82, 2.24) is 15.1 Å². The Morgan fingerprint density at radius 2 is 2.07 bits per heavy atom. The van der Waals surface area contributed by atoms with Gasteiger partial charge in [0.05, 0.1) is 13.2 Å². The van der Waals surface area contributed by atoms with Gasteiger partial charge in [-0.2, -0.15) is 0 Å². The number of imide groups is 1. The second-order valence-electron chi connectivity index (χ2n) is 8.70. The van der Waals surface area contributed by atoms with Crippen molar-refractivity contribution >= 4 is 17.7 Å². The first-order chi connectivity index (χ1) is 13.8. The van der Waals surface area contributed by atoms with E-state index in [-0.39, 0.29) is 35.7 Å². The Labute approximate surface area is 170 Å². The van der Waals surface area contributed by atoms with Gasteiger partial charge in [0.1, 0.15) is 6.04 Å². The summed E-state index contributed by atoms with van der Waals surface area (Å²) in [5.41, 5.74) is 8.33. The number of fused-ring (bicyclic) bond motifs is 1. The number of nitrogens with one attached hydrogen (secondary N) is 1. The molecule has 3 aliphatic heterocycles. The van der Waals surface area contributed by atoms with Crippen molar-refractivity contribution in [1.29, 1.82) is 0 Å². The zero-order valence-electron chi connectivity index (χ0n) is 16.9. The Kier molecular flexibility index (Phi) is 5.18. The molecule has 3 amide bonds. The predicted octanol–water partition coefficient (Wildman–Crippen LogP) is 0.386. The highest BCUT2D eigenvalue weighted by atomic mass is 16.5. The van der Waals surface area contributed by atoms with E-state index in [4.69, 9.17) is 10.5 Å². The highest BCUT2D eigenvalue weighted by Gasteiger charge is 2.42. The summed E-state index contributed by atoms with van der Waals surface area (Å²) in [7, 11) is 0. The Morgan fingerprint density at radius 1 is 1.28 bits per heavy atom. The number of ether oxygens (including phenoxy) is 1. The molecule has 4 rings (SSSR count). The van der Waals surface area contributed by atoms with Gasteiger partial charge in [0.25, 0.3) is 5.91 Å². The van der Waals surface area contributed by atoms with Gasteiger partial charge in [0, 0.05) is 43.2 Å². The number of piperidine rings is 1. The number of nitrogens with zero attached hydrogens (tertiary/aromatic N) is 2. The molecule has 0 aromatic heterocycles. The maximum absolute atomic E-state index is 13.3.